The summed E-state index contributed by atoms with van der Waals surface area (Å²) >= 11 is 0. The predicted octanol–water partition coefficient (Wildman–Crippen LogP) is 2.67. The SMILES string of the molecule is Cc1cccc(Nc2cccc(C3CCCN(S(C)(=O)=O)C3)n2)n1. The first-order valence-electron chi connectivity index (χ1n) is 8.04. The molecule has 1 unspecified atom stereocenters. The maximum atomic E-state index is 11.8. The van der Waals surface area contributed by atoms with Gasteiger partial charge in [0, 0.05) is 30.4 Å². The Morgan fingerprint density at radius 3 is 2.54 bits per heavy atom. The van der Waals surface area contributed by atoms with Crippen molar-refractivity contribution in [1.82, 2.24) is 14.3 Å². The third-order valence-corrected chi connectivity index (χ3v) is 5.46. The maximum absolute atomic E-state index is 11.8. The highest BCUT2D eigenvalue weighted by atomic mass is 32.2. The van der Waals surface area contributed by atoms with Crippen LogP contribution in [0.4, 0.5) is 11.6 Å². The second-order valence-corrected chi connectivity index (χ2v) is 8.18. The summed E-state index contributed by atoms with van der Waals surface area (Å²) in [4.78, 5) is 9.08. The molecule has 2 aromatic heterocycles. The van der Waals surface area contributed by atoms with Crippen LogP contribution in [0.5, 0.6) is 0 Å². The van der Waals surface area contributed by atoms with Gasteiger partial charge in [0.25, 0.3) is 0 Å². The summed E-state index contributed by atoms with van der Waals surface area (Å²) in [6.07, 6.45) is 3.08. The van der Waals surface area contributed by atoms with Crippen molar-refractivity contribution in [2.24, 2.45) is 0 Å². The summed E-state index contributed by atoms with van der Waals surface area (Å²) in [5, 5.41) is 3.21. The quantitative estimate of drug-likeness (QED) is 0.921. The van der Waals surface area contributed by atoms with E-state index in [4.69, 9.17) is 0 Å². The Balaban J connectivity index is 1.77. The van der Waals surface area contributed by atoms with E-state index >= 15 is 0 Å². The van der Waals surface area contributed by atoms with Crippen LogP contribution < -0.4 is 5.32 Å². The van der Waals surface area contributed by atoms with Crippen molar-refractivity contribution in [1.29, 1.82) is 0 Å². The molecule has 0 bridgehead atoms. The molecule has 3 heterocycles. The predicted molar refractivity (Wildman–Crippen MR) is 94.9 cm³/mol. The van der Waals surface area contributed by atoms with Gasteiger partial charge in [0.1, 0.15) is 11.6 Å². The first kappa shape index (κ1) is 16.9. The molecule has 1 saturated heterocycles. The molecule has 1 atom stereocenters. The van der Waals surface area contributed by atoms with Crippen LogP contribution in [0.2, 0.25) is 0 Å². The van der Waals surface area contributed by atoms with E-state index in [1.54, 1.807) is 4.31 Å². The van der Waals surface area contributed by atoms with Crippen molar-refractivity contribution in [3.05, 3.63) is 47.8 Å². The van der Waals surface area contributed by atoms with Gasteiger partial charge in [0.15, 0.2) is 0 Å². The normalized spacial score (nSPS) is 19.2. The van der Waals surface area contributed by atoms with Crippen LogP contribution in [0.25, 0.3) is 0 Å². The fourth-order valence-corrected chi connectivity index (χ4v) is 3.89. The van der Waals surface area contributed by atoms with Crippen molar-refractivity contribution in [2.45, 2.75) is 25.7 Å². The van der Waals surface area contributed by atoms with E-state index in [9.17, 15) is 8.42 Å². The minimum absolute atomic E-state index is 0.126. The molecule has 24 heavy (non-hydrogen) atoms. The average molecular weight is 346 g/mol. The molecular weight excluding hydrogens is 324 g/mol. The first-order chi connectivity index (χ1) is 11.4. The Hall–Kier alpha value is -1.99. The van der Waals surface area contributed by atoms with Gasteiger partial charge in [-0.1, -0.05) is 12.1 Å². The molecule has 0 amide bonds. The number of pyridine rings is 2. The first-order valence-corrected chi connectivity index (χ1v) is 9.89. The Morgan fingerprint density at radius 2 is 1.83 bits per heavy atom. The standard InChI is InChI=1S/C17H22N4O2S/c1-13-6-3-9-16(18-13)20-17-10-4-8-15(19-17)14-7-5-11-21(12-14)24(2,22)23/h3-4,6,8-10,14H,5,7,11-12H2,1-2H3,(H,18,19,20). The number of rotatable bonds is 4. The minimum Gasteiger partial charge on any atom is -0.325 e. The van der Waals surface area contributed by atoms with Gasteiger partial charge in [-0.2, -0.15) is 0 Å². The lowest BCUT2D eigenvalue weighted by Crippen LogP contribution is -2.38. The van der Waals surface area contributed by atoms with Crippen molar-refractivity contribution in [3.8, 4) is 0 Å². The molecule has 0 saturated carbocycles. The molecule has 1 aliphatic rings. The van der Waals surface area contributed by atoms with Crippen LogP contribution in [0.15, 0.2) is 36.4 Å². The van der Waals surface area contributed by atoms with Crippen molar-refractivity contribution in [2.75, 3.05) is 24.7 Å². The minimum atomic E-state index is -3.15. The van der Waals surface area contributed by atoms with Crippen molar-refractivity contribution in [3.63, 3.8) is 0 Å². The van der Waals surface area contributed by atoms with Crippen molar-refractivity contribution < 1.29 is 8.42 Å². The third-order valence-electron chi connectivity index (χ3n) is 4.19. The number of nitrogens with one attached hydrogen (secondary N) is 1. The van der Waals surface area contributed by atoms with E-state index in [0.717, 1.165) is 35.9 Å². The van der Waals surface area contributed by atoms with E-state index in [1.807, 2.05) is 43.3 Å². The molecule has 0 spiro atoms. The van der Waals surface area contributed by atoms with Gasteiger partial charge < -0.3 is 5.32 Å². The molecule has 6 nitrogen and oxygen atoms in total. The van der Waals surface area contributed by atoms with Crippen molar-refractivity contribution >= 4 is 21.7 Å². The van der Waals surface area contributed by atoms with Crippen LogP contribution >= 0.6 is 0 Å². The maximum Gasteiger partial charge on any atom is 0.211 e. The lowest BCUT2D eigenvalue weighted by Gasteiger charge is -2.30. The summed E-state index contributed by atoms with van der Waals surface area (Å²) < 4.78 is 25.1. The monoisotopic (exact) mass is 346 g/mol. The zero-order valence-electron chi connectivity index (χ0n) is 13.9. The number of hydrogen-bond donors (Lipinski definition) is 1. The van der Waals surface area contributed by atoms with Gasteiger partial charge in [-0.15, -0.1) is 0 Å². The molecule has 3 rings (SSSR count). The van der Waals surface area contributed by atoms with Crippen LogP contribution in [0.3, 0.4) is 0 Å². The van der Waals surface area contributed by atoms with Crippen LogP contribution in [0.1, 0.15) is 30.1 Å². The molecule has 1 aliphatic heterocycles. The molecule has 0 aliphatic carbocycles. The van der Waals surface area contributed by atoms with Gasteiger partial charge in [0.2, 0.25) is 10.0 Å². The van der Waals surface area contributed by atoms with Gasteiger partial charge in [-0.25, -0.2) is 22.7 Å². The van der Waals surface area contributed by atoms with Crippen LogP contribution in [-0.4, -0.2) is 42.0 Å². The zero-order chi connectivity index (χ0) is 17.2. The summed E-state index contributed by atoms with van der Waals surface area (Å²) in [5.74, 6) is 1.60. The number of hydrogen-bond acceptors (Lipinski definition) is 5. The summed E-state index contributed by atoms with van der Waals surface area (Å²) in [6.45, 7) is 3.04. The molecule has 0 radical (unpaired) electrons. The second kappa shape index (κ2) is 6.86. The fourth-order valence-electron chi connectivity index (χ4n) is 2.98. The van der Waals surface area contributed by atoms with Crippen LogP contribution in [-0.2, 0) is 10.0 Å². The number of anilines is 2. The van der Waals surface area contributed by atoms with Gasteiger partial charge >= 0.3 is 0 Å². The van der Waals surface area contributed by atoms with Gasteiger partial charge in [0.05, 0.1) is 6.26 Å². The lowest BCUT2D eigenvalue weighted by atomic mass is 9.95. The van der Waals surface area contributed by atoms with E-state index in [2.05, 4.69) is 15.3 Å². The summed E-state index contributed by atoms with van der Waals surface area (Å²) in [6, 6.07) is 11.6. The largest absolute Gasteiger partial charge is 0.325 e. The lowest BCUT2D eigenvalue weighted by molar-refractivity contribution is 0.314. The number of aryl methyl sites for hydroxylation is 1. The molecule has 128 valence electrons. The smallest absolute Gasteiger partial charge is 0.211 e. The van der Waals surface area contributed by atoms with Gasteiger partial charge in [-0.05, 0) is 44.0 Å². The molecule has 7 heteroatoms. The average Bonchev–Trinajstić information content (AvgIpc) is 2.54. The second-order valence-electron chi connectivity index (χ2n) is 6.20. The summed E-state index contributed by atoms with van der Waals surface area (Å²) in [5.41, 5.74) is 1.85. The highest BCUT2D eigenvalue weighted by Crippen LogP contribution is 2.28. The molecule has 1 fully saturated rings. The Bertz CT molecular complexity index is 823. The highest BCUT2D eigenvalue weighted by molar-refractivity contribution is 7.88. The Kier molecular flexibility index (Phi) is 4.82. The highest BCUT2D eigenvalue weighted by Gasteiger charge is 2.27. The fraction of sp³-hybridized carbons (Fsp3) is 0.412. The van der Waals surface area contributed by atoms with Crippen LogP contribution in [0, 0.1) is 6.92 Å². The molecule has 0 aromatic carbocycles. The van der Waals surface area contributed by atoms with Gasteiger partial charge in [-0.3, -0.25) is 0 Å². The topological polar surface area (TPSA) is 75.2 Å². The van der Waals surface area contributed by atoms with E-state index in [1.165, 1.54) is 6.26 Å². The molecule has 2 aromatic rings. The Morgan fingerprint density at radius 1 is 1.12 bits per heavy atom. The van der Waals surface area contributed by atoms with E-state index in [-0.39, 0.29) is 5.92 Å². The number of sulfonamides is 1. The molecule has 1 N–H and O–H groups in total. The third kappa shape index (κ3) is 4.10. The number of nitrogens with zero attached hydrogens (tertiary/aromatic N) is 3. The van der Waals surface area contributed by atoms with E-state index < -0.39 is 10.0 Å². The Labute approximate surface area is 143 Å². The number of piperidine rings is 1. The summed E-state index contributed by atoms with van der Waals surface area (Å²) in [7, 11) is -3.15. The number of aromatic nitrogens is 2. The van der Waals surface area contributed by atoms with E-state index in [0.29, 0.717) is 13.1 Å². The molecular formula is C17H22N4O2S. The zero-order valence-corrected chi connectivity index (χ0v) is 14.8.